The molecule has 39 heavy (non-hydrogen) atoms. The Hall–Kier alpha value is -3.17. The number of likely N-dealkylation sites (N-methyl/N-ethyl adjacent to an activating group) is 1. The predicted octanol–water partition coefficient (Wildman–Crippen LogP) is 3.93. The van der Waals surface area contributed by atoms with E-state index in [1.807, 2.05) is 0 Å². The first-order valence-corrected chi connectivity index (χ1v) is 14.3. The molecule has 212 valence electrons. The van der Waals surface area contributed by atoms with Crippen molar-refractivity contribution in [1.29, 1.82) is 0 Å². The van der Waals surface area contributed by atoms with Crippen molar-refractivity contribution in [2.75, 3.05) is 38.2 Å². The molecule has 3 atom stereocenters. The molecular weight excluding hydrogens is 501 g/mol. The normalized spacial score (nSPS) is 23.3. The van der Waals surface area contributed by atoms with Crippen LogP contribution in [0.15, 0.2) is 22.7 Å². The second kappa shape index (κ2) is 11.9. The summed E-state index contributed by atoms with van der Waals surface area (Å²) in [4.78, 5) is 32.2. The quantitative estimate of drug-likeness (QED) is 0.460. The van der Waals surface area contributed by atoms with Crippen molar-refractivity contribution in [2.24, 2.45) is 17.8 Å². The molecule has 3 fully saturated rings. The molecule has 1 N–H and O–H groups in total. The van der Waals surface area contributed by atoms with Crippen molar-refractivity contribution in [2.45, 2.75) is 70.8 Å². The summed E-state index contributed by atoms with van der Waals surface area (Å²) in [6.07, 6.45) is 5.67. The van der Waals surface area contributed by atoms with Gasteiger partial charge in [-0.05, 0) is 61.5 Å². The van der Waals surface area contributed by atoms with Gasteiger partial charge in [-0.2, -0.15) is 4.98 Å². The first-order valence-electron chi connectivity index (χ1n) is 14.3. The molecule has 2 amide bonds. The molecule has 3 heterocycles. The fourth-order valence-electron chi connectivity index (χ4n) is 5.92. The highest BCUT2D eigenvalue weighted by molar-refractivity contribution is 5.80. The molecule has 0 bridgehead atoms. The average molecular weight is 542 g/mol. The van der Waals surface area contributed by atoms with Crippen LogP contribution < -0.4 is 15.0 Å². The SMILES string of the molecule is CC(C)c1noc(N2CCC(C3CC3CCOc3ccc(CC(=O)N(C)CC4CCC(=O)N4)c(F)c3)CC2)n1. The number of hydrogen-bond acceptors (Lipinski definition) is 7. The van der Waals surface area contributed by atoms with E-state index in [4.69, 9.17) is 9.26 Å². The van der Waals surface area contributed by atoms with Gasteiger partial charge in [0.05, 0.1) is 13.0 Å². The molecule has 1 aromatic carbocycles. The number of nitrogens with zero attached hydrogens (tertiary/aromatic N) is 4. The summed E-state index contributed by atoms with van der Waals surface area (Å²) in [7, 11) is 1.69. The number of benzene rings is 1. The zero-order valence-electron chi connectivity index (χ0n) is 23.2. The van der Waals surface area contributed by atoms with Gasteiger partial charge in [-0.3, -0.25) is 9.59 Å². The van der Waals surface area contributed by atoms with Crippen LogP contribution in [0.25, 0.3) is 0 Å². The first kappa shape index (κ1) is 27.4. The number of nitrogens with one attached hydrogen (secondary N) is 1. The number of rotatable bonds is 11. The molecule has 2 aromatic rings. The van der Waals surface area contributed by atoms with E-state index in [-0.39, 0.29) is 30.2 Å². The fourth-order valence-corrected chi connectivity index (χ4v) is 5.92. The maximum Gasteiger partial charge on any atom is 0.324 e. The minimum Gasteiger partial charge on any atom is -0.493 e. The topological polar surface area (TPSA) is 101 Å². The molecule has 2 aliphatic heterocycles. The van der Waals surface area contributed by atoms with Crippen molar-refractivity contribution in [1.82, 2.24) is 20.4 Å². The number of halogens is 1. The van der Waals surface area contributed by atoms with Gasteiger partial charge in [-0.15, -0.1) is 0 Å². The Labute approximate surface area is 229 Å². The van der Waals surface area contributed by atoms with Gasteiger partial charge < -0.3 is 24.4 Å². The van der Waals surface area contributed by atoms with Crippen LogP contribution in [0.1, 0.15) is 69.7 Å². The number of piperidine rings is 1. The lowest BCUT2D eigenvalue weighted by atomic mass is 9.90. The van der Waals surface area contributed by atoms with Gasteiger partial charge in [0.1, 0.15) is 11.6 Å². The van der Waals surface area contributed by atoms with E-state index in [9.17, 15) is 14.0 Å². The number of aromatic nitrogens is 2. The molecule has 9 nitrogen and oxygen atoms in total. The van der Waals surface area contributed by atoms with Gasteiger partial charge in [0.25, 0.3) is 0 Å². The van der Waals surface area contributed by atoms with Crippen LogP contribution in [-0.2, 0) is 16.0 Å². The van der Waals surface area contributed by atoms with Crippen molar-refractivity contribution in [3.63, 3.8) is 0 Å². The lowest BCUT2D eigenvalue weighted by molar-refractivity contribution is -0.129. The molecule has 3 unspecified atom stereocenters. The zero-order valence-corrected chi connectivity index (χ0v) is 23.2. The van der Waals surface area contributed by atoms with Crippen molar-refractivity contribution in [3.05, 3.63) is 35.4 Å². The molecule has 10 heteroatoms. The van der Waals surface area contributed by atoms with Gasteiger partial charge in [0.15, 0.2) is 5.82 Å². The van der Waals surface area contributed by atoms with Crippen LogP contribution in [0, 0.1) is 23.6 Å². The third kappa shape index (κ3) is 6.89. The second-order valence-electron chi connectivity index (χ2n) is 11.7. The highest BCUT2D eigenvalue weighted by Crippen LogP contribution is 2.50. The molecule has 5 rings (SSSR count). The predicted molar refractivity (Wildman–Crippen MR) is 144 cm³/mol. The van der Waals surface area contributed by atoms with Gasteiger partial charge >= 0.3 is 6.01 Å². The summed E-state index contributed by atoms with van der Waals surface area (Å²) in [5.74, 6) is 3.06. The summed E-state index contributed by atoms with van der Waals surface area (Å²) < 4.78 is 26.0. The molecule has 0 radical (unpaired) electrons. The minimum absolute atomic E-state index is 0.0157. The number of carbonyl (C=O) groups is 2. The number of hydrogen-bond donors (Lipinski definition) is 1. The summed E-state index contributed by atoms with van der Waals surface area (Å²) in [5.41, 5.74) is 0.351. The zero-order chi connectivity index (χ0) is 27.5. The van der Waals surface area contributed by atoms with Gasteiger partial charge in [0.2, 0.25) is 11.8 Å². The molecule has 1 aliphatic carbocycles. The fraction of sp³-hybridized carbons (Fsp3) is 0.655. The Morgan fingerprint density at radius 3 is 2.74 bits per heavy atom. The van der Waals surface area contributed by atoms with E-state index in [2.05, 4.69) is 34.2 Å². The maximum absolute atomic E-state index is 14.7. The first-order chi connectivity index (χ1) is 18.8. The van der Waals surface area contributed by atoms with E-state index in [0.29, 0.717) is 42.8 Å². The Bertz CT molecular complexity index is 1160. The van der Waals surface area contributed by atoms with E-state index < -0.39 is 5.82 Å². The Morgan fingerprint density at radius 2 is 2.08 bits per heavy atom. The number of amides is 2. The summed E-state index contributed by atoms with van der Waals surface area (Å²) in [5, 5.41) is 6.94. The molecule has 3 aliphatic rings. The lowest BCUT2D eigenvalue weighted by Gasteiger charge is -2.30. The largest absolute Gasteiger partial charge is 0.493 e. The van der Waals surface area contributed by atoms with Crippen LogP contribution in [0.5, 0.6) is 5.75 Å². The van der Waals surface area contributed by atoms with E-state index in [1.165, 1.54) is 12.5 Å². The Morgan fingerprint density at radius 1 is 1.28 bits per heavy atom. The van der Waals surface area contributed by atoms with Crippen molar-refractivity contribution in [3.8, 4) is 5.75 Å². The number of ether oxygens (including phenoxy) is 1. The molecule has 2 saturated heterocycles. The summed E-state index contributed by atoms with van der Waals surface area (Å²) in [6.45, 7) is 7.03. The van der Waals surface area contributed by atoms with E-state index >= 15 is 0 Å². The average Bonchev–Trinajstić information content (AvgIpc) is 3.29. The Balaban J connectivity index is 1.00. The van der Waals surface area contributed by atoms with Gasteiger partial charge in [-0.1, -0.05) is 25.1 Å². The molecular formula is C29H40FN5O4. The molecule has 1 saturated carbocycles. The van der Waals surface area contributed by atoms with Crippen molar-refractivity contribution < 1.29 is 23.2 Å². The van der Waals surface area contributed by atoms with E-state index in [1.54, 1.807) is 24.1 Å². The minimum atomic E-state index is -0.429. The van der Waals surface area contributed by atoms with Gasteiger partial charge in [0, 0.05) is 51.1 Å². The smallest absolute Gasteiger partial charge is 0.324 e. The van der Waals surface area contributed by atoms with E-state index in [0.717, 1.165) is 56.4 Å². The number of carbonyl (C=O) groups excluding carboxylic acids is 2. The third-order valence-corrected chi connectivity index (χ3v) is 8.47. The molecule has 1 aromatic heterocycles. The van der Waals surface area contributed by atoms with Crippen LogP contribution in [0.3, 0.4) is 0 Å². The van der Waals surface area contributed by atoms with Crippen LogP contribution in [0.4, 0.5) is 10.4 Å². The van der Waals surface area contributed by atoms with Crippen LogP contribution in [0.2, 0.25) is 0 Å². The summed E-state index contributed by atoms with van der Waals surface area (Å²) >= 11 is 0. The maximum atomic E-state index is 14.7. The highest BCUT2D eigenvalue weighted by Gasteiger charge is 2.43. The third-order valence-electron chi connectivity index (χ3n) is 8.47. The highest BCUT2D eigenvalue weighted by atomic mass is 19.1. The lowest BCUT2D eigenvalue weighted by Crippen LogP contribution is -2.40. The van der Waals surface area contributed by atoms with Crippen LogP contribution in [-0.4, -0.2) is 66.2 Å². The second-order valence-corrected chi connectivity index (χ2v) is 11.7. The number of anilines is 1. The standard InChI is InChI=1S/C29H40FN5O4/c1-18(2)28-32-29(39-33-28)35-11-8-19(9-12-35)24-14-20(24)10-13-38-23-6-4-21(25(30)16-23)15-27(37)34(3)17-22-5-7-26(36)31-22/h4,6,16,18-20,22,24H,5,7-15,17H2,1-3H3,(H,31,36). The van der Waals surface area contributed by atoms with Crippen molar-refractivity contribution >= 4 is 17.8 Å². The van der Waals surface area contributed by atoms with Crippen LogP contribution >= 0.6 is 0 Å². The van der Waals surface area contributed by atoms with Gasteiger partial charge in [-0.25, -0.2) is 4.39 Å². The summed E-state index contributed by atoms with van der Waals surface area (Å²) in [6, 6.07) is 5.37. The Kier molecular flexibility index (Phi) is 8.37. The molecule has 0 spiro atoms. The monoisotopic (exact) mass is 541 g/mol.